The Morgan fingerprint density at radius 1 is 0.354 bits per heavy atom. The zero-order chi connectivity index (χ0) is 59.8. The van der Waals surface area contributed by atoms with Crippen LogP contribution in [0.4, 0.5) is 0 Å². The Bertz CT molecular complexity index is 1930. The lowest BCUT2D eigenvalue weighted by Gasteiger charge is -2.21. The van der Waals surface area contributed by atoms with Crippen LogP contribution in [0.2, 0.25) is 0 Å². The van der Waals surface area contributed by atoms with Crippen molar-refractivity contribution in [3.05, 3.63) is 146 Å². The van der Waals surface area contributed by atoms with Crippen molar-refractivity contribution >= 4 is 25.7 Å². The summed E-state index contributed by atoms with van der Waals surface area (Å²) in [7, 11) is -4.80. The Morgan fingerprint density at radius 2 is 0.671 bits per heavy atom. The number of esters is 3. The van der Waals surface area contributed by atoms with Crippen molar-refractivity contribution < 1.29 is 52.2 Å². The summed E-state index contributed by atoms with van der Waals surface area (Å²) < 4.78 is 39.5. The summed E-state index contributed by atoms with van der Waals surface area (Å²) in [5.41, 5.74) is 0. The molecule has 0 aliphatic rings. The van der Waals surface area contributed by atoms with Crippen LogP contribution in [0.15, 0.2) is 146 Å². The monoisotopic (exact) mass is 1160 g/mol. The average Bonchev–Trinajstić information content (AvgIpc) is 3.50. The Hall–Kier alpha value is -4.64. The van der Waals surface area contributed by atoms with Crippen LogP contribution >= 0.6 is 7.82 Å². The molecule has 0 spiro atoms. The van der Waals surface area contributed by atoms with Crippen LogP contribution in [-0.2, 0) is 42.2 Å². The average molecular weight is 1160 g/mol. The van der Waals surface area contributed by atoms with Crippen molar-refractivity contribution in [1.82, 2.24) is 0 Å². The highest BCUT2D eigenvalue weighted by Crippen LogP contribution is 2.43. The third kappa shape index (κ3) is 60.0. The topological polar surface area (TPSA) is 155 Å². The molecule has 464 valence electrons. The van der Waals surface area contributed by atoms with Crippen molar-refractivity contribution in [3.63, 3.8) is 0 Å². The van der Waals surface area contributed by atoms with Gasteiger partial charge in [-0.25, -0.2) is 4.57 Å². The number of hydrogen-bond donors (Lipinski definition) is 2. The van der Waals surface area contributed by atoms with E-state index in [1.165, 1.54) is 83.5 Å². The van der Waals surface area contributed by atoms with Gasteiger partial charge in [0.05, 0.1) is 19.8 Å². The number of rotatable bonds is 57. The van der Waals surface area contributed by atoms with E-state index in [1.807, 2.05) is 24.3 Å². The number of ether oxygens (including phenoxy) is 3. The van der Waals surface area contributed by atoms with Gasteiger partial charge < -0.3 is 24.2 Å². The van der Waals surface area contributed by atoms with E-state index < -0.39 is 57.8 Å². The van der Waals surface area contributed by atoms with Gasteiger partial charge in [-0.05, 0) is 122 Å². The lowest BCUT2D eigenvalue weighted by atomic mass is 10.1. The molecule has 0 heterocycles. The maximum absolute atomic E-state index is 12.9. The highest BCUT2D eigenvalue weighted by Gasteiger charge is 2.28. The van der Waals surface area contributed by atoms with E-state index >= 15 is 0 Å². The number of allylic oxidation sites excluding steroid dienone is 24. The fraction of sp³-hybridized carbons (Fsp3) is 0.614. The minimum Gasteiger partial charge on any atom is -0.462 e. The number of carbonyl (C=O) groups excluding carboxylic acids is 3. The summed E-state index contributed by atoms with van der Waals surface area (Å²) in [6, 6.07) is 0. The predicted octanol–water partition coefficient (Wildman–Crippen LogP) is 19.5. The second-order valence-corrected chi connectivity index (χ2v) is 21.9. The first kappa shape index (κ1) is 77.4. The Kier molecular flexibility index (Phi) is 58.9. The fourth-order valence-electron chi connectivity index (χ4n) is 8.00. The van der Waals surface area contributed by atoms with Crippen molar-refractivity contribution in [2.45, 2.75) is 251 Å². The van der Waals surface area contributed by atoms with Gasteiger partial charge >= 0.3 is 25.7 Å². The number of hydrogen-bond acceptors (Lipinski definition) is 10. The molecule has 3 unspecified atom stereocenters. The number of phosphoric acid groups is 1. The molecule has 11 nitrogen and oxygen atoms in total. The summed E-state index contributed by atoms with van der Waals surface area (Å²) >= 11 is 0. The van der Waals surface area contributed by atoms with Crippen LogP contribution < -0.4 is 0 Å². The van der Waals surface area contributed by atoms with E-state index in [2.05, 4.69) is 142 Å². The van der Waals surface area contributed by atoms with E-state index in [4.69, 9.17) is 23.3 Å². The molecule has 0 saturated heterocycles. The molecule has 0 radical (unpaired) electrons. The van der Waals surface area contributed by atoms with Crippen molar-refractivity contribution in [3.8, 4) is 0 Å². The zero-order valence-corrected chi connectivity index (χ0v) is 52.3. The van der Waals surface area contributed by atoms with Gasteiger partial charge in [0.15, 0.2) is 6.10 Å². The molecule has 0 fully saturated rings. The van der Waals surface area contributed by atoms with Crippen molar-refractivity contribution in [2.75, 3.05) is 26.4 Å². The van der Waals surface area contributed by atoms with E-state index in [0.29, 0.717) is 32.1 Å². The molecule has 82 heavy (non-hydrogen) atoms. The van der Waals surface area contributed by atoms with Gasteiger partial charge in [-0.3, -0.25) is 23.4 Å². The molecular formula is C70H113O11P. The van der Waals surface area contributed by atoms with Crippen molar-refractivity contribution in [1.29, 1.82) is 0 Å². The molecule has 0 aliphatic carbocycles. The molecule has 0 amide bonds. The molecule has 0 aliphatic heterocycles. The summed E-state index contributed by atoms with van der Waals surface area (Å²) in [6.45, 7) is 4.27. The molecular weight excluding hydrogens is 1050 g/mol. The quantitative estimate of drug-likeness (QED) is 0.0197. The first-order valence-corrected chi connectivity index (χ1v) is 33.2. The van der Waals surface area contributed by atoms with Crippen LogP contribution in [0.1, 0.15) is 239 Å². The predicted molar refractivity (Wildman–Crippen MR) is 343 cm³/mol. The van der Waals surface area contributed by atoms with Crippen LogP contribution in [0.3, 0.4) is 0 Å². The number of aliphatic hydroxyl groups is 1. The molecule has 12 heteroatoms. The minimum atomic E-state index is -4.80. The summed E-state index contributed by atoms with van der Waals surface area (Å²) in [5, 5.41) is 9.84. The first-order valence-electron chi connectivity index (χ1n) is 31.7. The normalized spacial score (nSPS) is 14.3. The maximum Gasteiger partial charge on any atom is 0.472 e. The van der Waals surface area contributed by atoms with E-state index in [1.54, 1.807) is 0 Å². The standard InChI is InChI=1S/C70H113O11P/c1-4-7-10-13-16-19-22-25-28-31-33-36-38-41-44-47-50-53-56-59-68(72)77-63-67(81-70(74)61-58-55-52-49-46-43-40-37-34-32-29-26-23-20-17-14-11-8-5-2)65-79-82(75,76)78-64-66(62-71)80-69(73)60-57-54-51-48-45-42-39-35-30-27-24-21-18-15-12-9-6-3/h8-9,11-12,17-18,20-21,25-30,34,37,39,42-43,46,48,51-52,55,66-67,71H,4-7,10,13-16,19,22-24,31-33,35-36,38,40-41,44-45,47,49-50,53-54,56-65H2,1-3H3,(H,75,76)/b11-8-,12-9-,20-17-,21-18-,28-25-,29-26-,30-27-,37-34-,42-39-,46-43-,51-48-,55-52-. The zero-order valence-electron chi connectivity index (χ0n) is 51.4. The summed E-state index contributed by atoms with van der Waals surface area (Å²) in [6.07, 6.45) is 81.1. The molecule has 0 aromatic carbocycles. The molecule has 3 atom stereocenters. The SMILES string of the molecule is CC/C=C\C/C=C\C/C=C\C/C=C\C/C=C\C/C=C\CCC(=O)OC(COC(=O)CCCCCCCCCCC/C=C\CCCCCCCC)COP(=O)(O)OCC(CO)OC(=O)CCC/C=C\C/C=C\C/C=C\C/C=C\C/C=C\CC. The number of carbonyl (C=O) groups is 3. The molecule has 0 saturated carbocycles. The number of phosphoric ester groups is 1. The first-order chi connectivity index (χ1) is 40.2. The Labute approximate surface area is 499 Å². The van der Waals surface area contributed by atoms with Crippen LogP contribution in [-0.4, -0.2) is 66.5 Å². The molecule has 0 rings (SSSR count). The number of aliphatic hydroxyl groups excluding tert-OH is 1. The highest BCUT2D eigenvalue weighted by molar-refractivity contribution is 7.47. The third-order valence-electron chi connectivity index (χ3n) is 12.7. The van der Waals surface area contributed by atoms with Crippen molar-refractivity contribution in [2.24, 2.45) is 0 Å². The largest absolute Gasteiger partial charge is 0.472 e. The van der Waals surface area contributed by atoms with Gasteiger partial charge in [0, 0.05) is 19.3 Å². The fourth-order valence-corrected chi connectivity index (χ4v) is 8.78. The van der Waals surface area contributed by atoms with E-state index in [-0.39, 0.29) is 25.9 Å². The van der Waals surface area contributed by atoms with Crippen LogP contribution in [0.25, 0.3) is 0 Å². The number of unbranched alkanes of at least 4 members (excludes halogenated alkanes) is 16. The van der Waals surface area contributed by atoms with Crippen LogP contribution in [0.5, 0.6) is 0 Å². The maximum atomic E-state index is 12.9. The van der Waals surface area contributed by atoms with Gasteiger partial charge in [0.2, 0.25) is 0 Å². The smallest absolute Gasteiger partial charge is 0.462 e. The Balaban J connectivity index is 4.88. The second kappa shape index (κ2) is 62.4. The lowest BCUT2D eigenvalue weighted by molar-refractivity contribution is -0.161. The minimum absolute atomic E-state index is 0.0302. The molecule has 0 bridgehead atoms. The molecule has 0 aromatic heterocycles. The second-order valence-electron chi connectivity index (χ2n) is 20.5. The van der Waals surface area contributed by atoms with E-state index in [0.717, 1.165) is 83.5 Å². The Morgan fingerprint density at radius 3 is 1.10 bits per heavy atom. The van der Waals surface area contributed by atoms with Crippen LogP contribution in [0, 0.1) is 0 Å². The highest BCUT2D eigenvalue weighted by atomic mass is 31.2. The third-order valence-corrected chi connectivity index (χ3v) is 13.7. The van der Waals surface area contributed by atoms with Gasteiger partial charge in [-0.1, -0.05) is 244 Å². The van der Waals surface area contributed by atoms with Gasteiger partial charge in [-0.15, -0.1) is 0 Å². The van der Waals surface area contributed by atoms with Gasteiger partial charge in [-0.2, -0.15) is 0 Å². The van der Waals surface area contributed by atoms with Gasteiger partial charge in [0.25, 0.3) is 0 Å². The summed E-state index contributed by atoms with van der Waals surface area (Å²) in [5.74, 6) is -1.64. The van der Waals surface area contributed by atoms with E-state index in [9.17, 15) is 28.9 Å². The molecule has 0 aromatic rings. The van der Waals surface area contributed by atoms with Gasteiger partial charge in [0.1, 0.15) is 12.7 Å². The molecule has 2 N–H and O–H groups in total. The summed E-state index contributed by atoms with van der Waals surface area (Å²) in [4.78, 5) is 48.7. The lowest BCUT2D eigenvalue weighted by Crippen LogP contribution is -2.30.